The number of aromatic nitrogens is 3. The molecular formula is C28H29ClN4O4S. The van der Waals surface area contributed by atoms with E-state index >= 15 is 0 Å². The monoisotopic (exact) mass is 552 g/mol. The van der Waals surface area contributed by atoms with Gasteiger partial charge in [0, 0.05) is 59.3 Å². The minimum atomic E-state index is -1.44. The second-order valence-corrected chi connectivity index (χ2v) is 12.6. The van der Waals surface area contributed by atoms with Crippen molar-refractivity contribution in [1.82, 2.24) is 14.5 Å². The van der Waals surface area contributed by atoms with Gasteiger partial charge in [0.05, 0.1) is 17.4 Å². The van der Waals surface area contributed by atoms with Gasteiger partial charge in [-0.3, -0.25) is 4.79 Å². The molecule has 38 heavy (non-hydrogen) atoms. The van der Waals surface area contributed by atoms with Crippen LogP contribution in [0.1, 0.15) is 73.7 Å². The Hall–Kier alpha value is -2.88. The zero-order valence-electron chi connectivity index (χ0n) is 21.6. The predicted molar refractivity (Wildman–Crippen MR) is 147 cm³/mol. The summed E-state index contributed by atoms with van der Waals surface area (Å²) in [6, 6.07) is 5.18. The standard InChI is InChI=1S/C28H29ClN4O4S/c1-15(2)37-27(35)22-10-19-16(3)38(36)24-12-20(17-13-30-28(31-14-17)32-8-4-5-9-32)23(29)11-21(24)25(19)33(26(22)34)18-6-7-18/h10-16,18H,4-9H2,1-3H3. The first-order valence-corrected chi connectivity index (χ1v) is 14.7. The van der Waals surface area contributed by atoms with Gasteiger partial charge in [-0.05, 0) is 69.8 Å². The Morgan fingerprint density at radius 3 is 2.45 bits per heavy atom. The molecule has 10 heteroatoms. The second kappa shape index (κ2) is 9.70. The molecule has 0 radical (unpaired) electrons. The van der Waals surface area contributed by atoms with E-state index in [1.807, 2.05) is 13.0 Å². The molecule has 1 aromatic carbocycles. The van der Waals surface area contributed by atoms with Crippen molar-refractivity contribution in [2.45, 2.75) is 68.7 Å². The average molecular weight is 553 g/mol. The summed E-state index contributed by atoms with van der Waals surface area (Å²) < 4.78 is 20.8. The number of carbonyl (C=O) groups is 1. The Bertz CT molecular complexity index is 1480. The maximum atomic E-state index is 13.8. The largest absolute Gasteiger partial charge is 0.611 e. The van der Waals surface area contributed by atoms with Crippen molar-refractivity contribution in [2.24, 2.45) is 0 Å². The van der Waals surface area contributed by atoms with E-state index in [1.54, 1.807) is 42.9 Å². The van der Waals surface area contributed by atoms with Crippen molar-refractivity contribution >= 4 is 34.7 Å². The summed E-state index contributed by atoms with van der Waals surface area (Å²) in [6.07, 6.45) is 7.11. The van der Waals surface area contributed by atoms with Crippen LogP contribution in [-0.4, -0.2) is 44.3 Å². The van der Waals surface area contributed by atoms with E-state index in [9.17, 15) is 14.1 Å². The Balaban J connectivity index is 1.48. The second-order valence-electron chi connectivity index (χ2n) is 10.5. The van der Waals surface area contributed by atoms with Crippen LogP contribution in [0.2, 0.25) is 5.02 Å². The molecule has 0 spiro atoms. The molecule has 0 bridgehead atoms. The first kappa shape index (κ1) is 25.4. The fourth-order valence-corrected chi connectivity index (χ4v) is 7.00. The molecule has 0 N–H and O–H groups in total. The highest BCUT2D eigenvalue weighted by molar-refractivity contribution is 7.91. The van der Waals surface area contributed by atoms with Gasteiger partial charge in [-0.25, -0.2) is 14.8 Å². The number of ether oxygens (including phenoxy) is 1. The normalized spacial score (nSPS) is 20.4. The van der Waals surface area contributed by atoms with Crippen molar-refractivity contribution in [3.05, 3.63) is 57.1 Å². The molecule has 6 rings (SSSR count). The molecule has 2 aliphatic heterocycles. The topological polar surface area (TPSA) is 100 Å². The van der Waals surface area contributed by atoms with Crippen molar-refractivity contribution < 1.29 is 14.1 Å². The number of carbonyl (C=O) groups excluding carboxylic acids is 1. The number of halogens is 1. The average Bonchev–Trinajstić information content (AvgIpc) is 3.58. The highest BCUT2D eigenvalue weighted by Gasteiger charge is 2.41. The van der Waals surface area contributed by atoms with E-state index in [0.29, 0.717) is 38.3 Å². The van der Waals surface area contributed by atoms with Gasteiger partial charge in [-0.1, -0.05) is 11.6 Å². The quantitative estimate of drug-likeness (QED) is 0.312. The zero-order chi connectivity index (χ0) is 26.7. The fraction of sp³-hybridized carbons (Fsp3) is 0.429. The van der Waals surface area contributed by atoms with Gasteiger partial charge in [0.2, 0.25) is 5.95 Å². The Labute approximate surface area is 229 Å². The van der Waals surface area contributed by atoms with Crippen LogP contribution in [0, 0.1) is 0 Å². The minimum Gasteiger partial charge on any atom is -0.611 e. The van der Waals surface area contributed by atoms with Crippen LogP contribution in [0.5, 0.6) is 0 Å². The molecule has 1 aliphatic carbocycles. The van der Waals surface area contributed by atoms with Crippen LogP contribution in [0.25, 0.3) is 22.4 Å². The predicted octanol–water partition coefficient (Wildman–Crippen LogP) is 5.31. The van der Waals surface area contributed by atoms with Gasteiger partial charge in [0.1, 0.15) is 10.8 Å². The summed E-state index contributed by atoms with van der Waals surface area (Å²) in [5.74, 6) is 0.0449. The molecule has 3 aliphatic rings. The Morgan fingerprint density at radius 1 is 1.13 bits per heavy atom. The molecule has 8 nitrogen and oxygen atoms in total. The third kappa shape index (κ3) is 4.30. The highest BCUT2D eigenvalue weighted by atomic mass is 35.5. The zero-order valence-corrected chi connectivity index (χ0v) is 23.1. The lowest BCUT2D eigenvalue weighted by Gasteiger charge is -2.31. The maximum Gasteiger partial charge on any atom is 0.344 e. The van der Waals surface area contributed by atoms with Crippen molar-refractivity contribution in [1.29, 1.82) is 0 Å². The number of anilines is 1. The van der Waals surface area contributed by atoms with Gasteiger partial charge in [-0.2, -0.15) is 0 Å². The lowest BCUT2D eigenvalue weighted by atomic mass is 9.97. The number of hydrogen-bond donors (Lipinski definition) is 0. The van der Waals surface area contributed by atoms with Crippen LogP contribution in [0.15, 0.2) is 40.3 Å². The van der Waals surface area contributed by atoms with Crippen LogP contribution in [0.4, 0.5) is 5.95 Å². The van der Waals surface area contributed by atoms with Crippen LogP contribution < -0.4 is 10.5 Å². The van der Waals surface area contributed by atoms with Crippen molar-refractivity contribution in [3.8, 4) is 22.4 Å². The number of hydrogen-bond acceptors (Lipinski definition) is 7. The lowest BCUT2D eigenvalue weighted by molar-refractivity contribution is 0.0375. The molecule has 1 saturated carbocycles. The van der Waals surface area contributed by atoms with E-state index in [4.69, 9.17) is 16.3 Å². The molecule has 2 aromatic heterocycles. The van der Waals surface area contributed by atoms with Crippen LogP contribution in [-0.2, 0) is 15.9 Å². The van der Waals surface area contributed by atoms with Crippen LogP contribution >= 0.6 is 11.6 Å². The lowest BCUT2D eigenvalue weighted by Crippen LogP contribution is -2.33. The highest BCUT2D eigenvalue weighted by Crippen LogP contribution is 2.49. The molecule has 1 saturated heterocycles. The van der Waals surface area contributed by atoms with Gasteiger partial charge >= 0.3 is 5.97 Å². The molecule has 2 fully saturated rings. The molecule has 198 valence electrons. The smallest absolute Gasteiger partial charge is 0.344 e. The molecule has 3 aromatic rings. The van der Waals surface area contributed by atoms with Gasteiger partial charge < -0.3 is 18.8 Å². The SMILES string of the molecule is CC(C)OC(=O)c1cc2c(n(C3CC3)c1=O)-c1cc(Cl)c(-c3cnc(N4CCCC4)nc3)cc1[S+]([O-])C2C. The summed E-state index contributed by atoms with van der Waals surface area (Å²) in [5, 5.41) is 0.0217. The molecule has 2 unspecified atom stereocenters. The third-order valence-corrected chi connectivity index (χ3v) is 9.36. The van der Waals surface area contributed by atoms with Gasteiger partial charge in [0.25, 0.3) is 5.56 Å². The van der Waals surface area contributed by atoms with E-state index in [1.165, 1.54) is 0 Å². The van der Waals surface area contributed by atoms with Crippen molar-refractivity contribution in [3.63, 3.8) is 0 Å². The molecule has 4 heterocycles. The van der Waals surface area contributed by atoms with Gasteiger partial charge in [0.15, 0.2) is 4.90 Å². The van der Waals surface area contributed by atoms with E-state index < -0.39 is 22.4 Å². The number of rotatable bonds is 5. The number of pyridine rings is 1. The molecule has 2 atom stereocenters. The van der Waals surface area contributed by atoms with Crippen molar-refractivity contribution in [2.75, 3.05) is 18.0 Å². The van der Waals surface area contributed by atoms with E-state index in [2.05, 4.69) is 14.9 Å². The maximum absolute atomic E-state index is 13.8. The van der Waals surface area contributed by atoms with Gasteiger partial charge in [-0.15, -0.1) is 0 Å². The Morgan fingerprint density at radius 2 is 1.82 bits per heavy atom. The molecular weight excluding hydrogens is 524 g/mol. The molecule has 0 amide bonds. The summed E-state index contributed by atoms with van der Waals surface area (Å²) in [7, 11) is 0. The number of nitrogens with zero attached hydrogens (tertiary/aromatic N) is 4. The third-order valence-electron chi connectivity index (χ3n) is 7.38. The fourth-order valence-electron chi connectivity index (χ4n) is 5.33. The van der Waals surface area contributed by atoms with Crippen LogP contribution in [0.3, 0.4) is 0 Å². The van der Waals surface area contributed by atoms with E-state index in [-0.39, 0.29) is 23.3 Å². The number of esters is 1. The minimum absolute atomic E-state index is 0.0142. The van der Waals surface area contributed by atoms with E-state index in [0.717, 1.165) is 44.3 Å². The summed E-state index contributed by atoms with van der Waals surface area (Å²) in [5.41, 5.74) is 3.08. The Kier molecular flexibility index (Phi) is 6.48. The summed E-state index contributed by atoms with van der Waals surface area (Å²) >= 11 is 5.38. The first-order valence-electron chi connectivity index (χ1n) is 13.1. The summed E-state index contributed by atoms with van der Waals surface area (Å²) in [6.45, 7) is 7.26. The number of fused-ring (bicyclic) bond motifs is 3. The number of benzene rings is 1. The summed E-state index contributed by atoms with van der Waals surface area (Å²) in [4.78, 5) is 38.3. The first-order chi connectivity index (χ1) is 18.2.